The summed E-state index contributed by atoms with van der Waals surface area (Å²) in [6, 6.07) is 0. The third-order valence-electron chi connectivity index (χ3n) is 5.37. The summed E-state index contributed by atoms with van der Waals surface area (Å²) < 4.78 is 32.6. The number of rotatable bonds is 20. The molecule has 0 aromatic carbocycles. The zero-order chi connectivity index (χ0) is 22.9. The van der Waals surface area contributed by atoms with Crippen molar-refractivity contribution in [3.8, 4) is 0 Å². The van der Waals surface area contributed by atoms with Gasteiger partial charge in [0.25, 0.3) is 0 Å². The largest absolute Gasteiger partial charge is 0.748 e. The Hall–Kier alpha value is -0.700. The number of carbonyl (C=O) groups excluding carboxylic acids is 1. The van der Waals surface area contributed by atoms with Crippen LogP contribution in [0.2, 0.25) is 0 Å². The SMILES string of the molecule is CCCCCCCCCCCCNC(=O)CCCC[N+](C)(C)CC(O)CS(=O)(=O)[O-]. The van der Waals surface area contributed by atoms with Crippen LogP contribution in [0.5, 0.6) is 0 Å². The number of quaternary nitrogens is 1. The Bertz CT molecular complexity index is 538. The highest BCUT2D eigenvalue weighted by molar-refractivity contribution is 7.85. The van der Waals surface area contributed by atoms with E-state index in [1.54, 1.807) is 0 Å². The van der Waals surface area contributed by atoms with Crippen molar-refractivity contribution in [3.63, 3.8) is 0 Å². The Kier molecular flexibility index (Phi) is 16.5. The smallest absolute Gasteiger partial charge is 0.219 e. The van der Waals surface area contributed by atoms with E-state index in [9.17, 15) is 22.9 Å². The Morgan fingerprint density at radius 2 is 1.47 bits per heavy atom. The minimum absolute atomic E-state index is 0.0775. The van der Waals surface area contributed by atoms with E-state index < -0.39 is 22.0 Å². The topological polar surface area (TPSA) is 107 Å². The van der Waals surface area contributed by atoms with Gasteiger partial charge in [0.1, 0.15) is 12.6 Å². The van der Waals surface area contributed by atoms with Gasteiger partial charge in [-0.25, -0.2) is 8.42 Å². The Labute approximate surface area is 185 Å². The van der Waals surface area contributed by atoms with Crippen LogP contribution in [0.15, 0.2) is 0 Å². The number of nitrogens with zero attached hydrogens (tertiary/aromatic N) is 1. The van der Waals surface area contributed by atoms with Crippen LogP contribution in [0.1, 0.15) is 90.4 Å². The Balaban J connectivity index is 3.60. The maximum absolute atomic E-state index is 11.9. The van der Waals surface area contributed by atoms with Crippen molar-refractivity contribution in [2.24, 2.45) is 0 Å². The van der Waals surface area contributed by atoms with E-state index in [1.807, 2.05) is 14.1 Å². The van der Waals surface area contributed by atoms with Crippen LogP contribution in [0, 0.1) is 0 Å². The number of nitrogens with one attached hydrogen (secondary N) is 1. The predicted molar refractivity (Wildman–Crippen MR) is 121 cm³/mol. The summed E-state index contributed by atoms with van der Waals surface area (Å²) in [5.41, 5.74) is 0. The summed E-state index contributed by atoms with van der Waals surface area (Å²) in [6.07, 6.45) is 13.7. The monoisotopic (exact) mass is 450 g/mol. The van der Waals surface area contributed by atoms with Crippen molar-refractivity contribution >= 4 is 16.0 Å². The van der Waals surface area contributed by atoms with Gasteiger partial charge in [-0.2, -0.15) is 0 Å². The second-order valence-corrected chi connectivity index (χ2v) is 10.7. The fourth-order valence-electron chi connectivity index (χ4n) is 3.70. The molecule has 0 rings (SSSR count). The number of aliphatic hydroxyl groups excluding tert-OH is 1. The predicted octanol–water partition coefficient (Wildman–Crippen LogP) is 3.18. The van der Waals surface area contributed by atoms with Crippen LogP contribution < -0.4 is 5.32 Å². The van der Waals surface area contributed by atoms with Crippen LogP contribution in [-0.2, 0) is 14.9 Å². The summed E-state index contributed by atoms with van der Waals surface area (Å²) in [7, 11) is -0.656. The van der Waals surface area contributed by atoms with Crippen LogP contribution in [0.3, 0.4) is 0 Å². The molecule has 0 fully saturated rings. The van der Waals surface area contributed by atoms with Gasteiger partial charge in [-0.05, 0) is 19.3 Å². The first-order chi connectivity index (χ1) is 14.1. The molecular formula is C22H46N2O5S. The standard InChI is InChI=1S/C22H46N2O5S/c1-4-5-6-7-8-9-10-11-12-14-17-23-22(26)16-13-15-18-24(2,3)19-21(25)20-30(27,28)29/h21,25H,4-20H2,1-3H3,(H-,23,26,27,28,29). The summed E-state index contributed by atoms with van der Waals surface area (Å²) >= 11 is 0. The van der Waals surface area contributed by atoms with Gasteiger partial charge in [-0.1, -0.05) is 64.7 Å². The molecule has 0 radical (unpaired) electrons. The van der Waals surface area contributed by atoms with Gasteiger partial charge in [-0.3, -0.25) is 4.79 Å². The van der Waals surface area contributed by atoms with Crippen molar-refractivity contribution < 1.29 is 27.4 Å². The molecule has 0 aliphatic heterocycles. The highest BCUT2D eigenvalue weighted by Crippen LogP contribution is 2.10. The molecule has 0 aliphatic carbocycles. The van der Waals surface area contributed by atoms with E-state index in [0.717, 1.165) is 25.8 Å². The van der Waals surface area contributed by atoms with Gasteiger partial charge in [0, 0.05) is 13.0 Å². The van der Waals surface area contributed by atoms with Gasteiger partial charge in [0.15, 0.2) is 0 Å². The van der Waals surface area contributed by atoms with Gasteiger partial charge >= 0.3 is 0 Å². The molecule has 0 saturated heterocycles. The van der Waals surface area contributed by atoms with Crippen LogP contribution in [0.4, 0.5) is 0 Å². The second-order valence-electron chi connectivity index (χ2n) is 9.21. The first-order valence-electron chi connectivity index (χ1n) is 11.8. The highest BCUT2D eigenvalue weighted by Gasteiger charge is 2.21. The highest BCUT2D eigenvalue weighted by atomic mass is 32.2. The van der Waals surface area contributed by atoms with Gasteiger partial charge in [0.2, 0.25) is 5.91 Å². The number of likely N-dealkylation sites (N-methyl/N-ethyl adjacent to an activating group) is 1. The molecule has 8 heteroatoms. The lowest BCUT2D eigenvalue weighted by atomic mass is 10.1. The van der Waals surface area contributed by atoms with E-state index in [-0.39, 0.29) is 12.5 Å². The molecule has 0 saturated carbocycles. The third-order valence-corrected chi connectivity index (χ3v) is 6.16. The molecule has 0 heterocycles. The van der Waals surface area contributed by atoms with Crippen molar-refractivity contribution in [2.75, 3.05) is 39.5 Å². The summed E-state index contributed by atoms with van der Waals surface area (Å²) in [4.78, 5) is 11.9. The minimum Gasteiger partial charge on any atom is -0.748 e. The van der Waals surface area contributed by atoms with Crippen molar-refractivity contribution in [1.82, 2.24) is 5.32 Å². The van der Waals surface area contributed by atoms with Gasteiger partial charge < -0.3 is 19.5 Å². The lowest BCUT2D eigenvalue weighted by Crippen LogP contribution is -2.47. The molecule has 30 heavy (non-hydrogen) atoms. The summed E-state index contributed by atoms with van der Waals surface area (Å²) in [5.74, 6) is -0.676. The van der Waals surface area contributed by atoms with Crippen molar-refractivity contribution in [3.05, 3.63) is 0 Å². The van der Waals surface area contributed by atoms with Crippen LogP contribution in [-0.4, -0.2) is 74.1 Å². The quantitative estimate of drug-likeness (QED) is 0.168. The number of carbonyl (C=O) groups is 1. The first kappa shape index (κ1) is 29.3. The normalized spacial score (nSPS) is 13.4. The van der Waals surface area contributed by atoms with Gasteiger partial charge in [0.05, 0.1) is 36.5 Å². The maximum Gasteiger partial charge on any atom is 0.219 e. The summed E-state index contributed by atoms with van der Waals surface area (Å²) in [6.45, 7) is 3.89. The zero-order valence-corrected chi connectivity index (χ0v) is 20.4. The third kappa shape index (κ3) is 20.6. The zero-order valence-electron chi connectivity index (χ0n) is 19.5. The van der Waals surface area contributed by atoms with Crippen molar-refractivity contribution in [2.45, 2.75) is 96.5 Å². The fourth-order valence-corrected chi connectivity index (χ4v) is 4.28. The molecule has 0 bridgehead atoms. The van der Waals surface area contributed by atoms with Crippen LogP contribution in [0.25, 0.3) is 0 Å². The molecule has 1 atom stereocenters. The minimum atomic E-state index is -4.42. The lowest BCUT2D eigenvalue weighted by molar-refractivity contribution is -0.893. The average Bonchev–Trinajstić information content (AvgIpc) is 2.61. The number of amides is 1. The molecule has 2 N–H and O–H groups in total. The van der Waals surface area contributed by atoms with E-state index in [0.29, 0.717) is 17.4 Å². The lowest BCUT2D eigenvalue weighted by Gasteiger charge is -2.32. The van der Waals surface area contributed by atoms with Crippen LogP contribution >= 0.6 is 0 Å². The summed E-state index contributed by atoms with van der Waals surface area (Å²) in [5, 5.41) is 12.7. The molecule has 0 aromatic heterocycles. The number of aliphatic hydroxyl groups is 1. The van der Waals surface area contributed by atoms with Gasteiger partial charge in [-0.15, -0.1) is 0 Å². The van der Waals surface area contributed by atoms with E-state index in [1.165, 1.54) is 57.8 Å². The Morgan fingerprint density at radius 3 is 2.00 bits per heavy atom. The molecule has 0 aliphatic rings. The van der Waals surface area contributed by atoms with Crippen molar-refractivity contribution in [1.29, 1.82) is 0 Å². The molecule has 7 nitrogen and oxygen atoms in total. The first-order valence-corrected chi connectivity index (χ1v) is 13.3. The fraction of sp³-hybridized carbons (Fsp3) is 0.955. The number of unbranched alkanes of at least 4 members (excludes halogenated alkanes) is 10. The number of hydrogen-bond donors (Lipinski definition) is 2. The number of hydrogen-bond acceptors (Lipinski definition) is 5. The molecule has 1 amide bonds. The maximum atomic E-state index is 11.9. The van der Waals surface area contributed by atoms with E-state index in [4.69, 9.17) is 0 Å². The van der Waals surface area contributed by atoms with E-state index >= 15 is 0 Å². The molecule has 0 aromatic rings. The molecule has 1 unspecified atom stereocenters. The molecular weight excluding hydrogens is 404 g/mol. The average molecular weight is 451 g/mol. The Morgan fingerprint density at radius 1 is 0.933 bits per heavy atom. The molecule has 180 valence electrons. The molecule has 0 spiro atoms. The second kappa shape index (κ2) is 16.9. The van der Waals surface area contributed by atoms with E-state index in [2.05, 4.69) is 12.2 Å².